The summed E-state index contributed by atoms with van der Waals surface area (Å²) < 4.78 is 117. The van der Waals surface area contributed by atoms with E-state index in [1.165, 1.54) is 24.3 Å². The Bertz CT molecular complexity index is 1520. The molecule has 0 aromatic heterocycles. The first-order valence-electron chi connectivity index (χ1n) is 10.8. The highest BCUT2D eigenvalue weighted by molar-refractivity contribution is 7.89. The maximum Gasteiger partial charge on any atom is 0.534 e. The van der Waals surface area contributed by atoms with Crippen molar-refractivity contribution in [2.24, 2.45) is 0 Å². The van der Waals surface area contributed by atoms with E-state index in [0.717, 1.165) is 19.2 Å². The summed E-state index contributed by atoms with van der Waals surface area (Å²) in [5.41, 5.74) is -7.35. The number of halogens is 3. The van der Waals surface area contributed by atoms with Crippen LogP contribution in [0.2, 0.25) is 0 Å². The van der Waals surface area contributed by atoms with Crippen LogP contribution in [0, 0.1) is 0 Å². The Morgan fingerprint density at radius 2 is 1.82 bits per heavy atom. The van der Waals surface area contributed by atoms with Crippen molar-refractivity contribution in [3.8, 4) is 17.2 Å². The molecule has 2 aromatic carbocycles. The number of esters is 1. The van der Waals surface area contributed by atoms with Gasteiger partial charge in [-0.1, -0.05) is 13.0 Å². The number of ether oxygens (including phenoxy) is 4. The molecule has 206 valence electrons. The van der Waals surface area contributed by atoms with E-state index < -0.39 is 60.1 Å². The SMILES string of the molecule is CCCOc1ccc2c(c1)S(=O)(=O)N(Cc1ccc3c(c1)OCO3)C(C(=O)OC)=C2OS(=O)(=O)C(F)(F)F. The topological polar surface area (TPSA) is 135 Å². The van der Waals surface area contributed by atoms with Crippen LogP contribution < -0.4 is 14.2 Å². The van der Waals surface area contributed by atoms with Gasteiger partial charge >= 0.3 is 21.6 Å². The Morgan fingerprint density at radius 3 is 2.47 bits per heavy atom. The van der Waals surface area contributed by atoms with Crippen LogP contribution in [0.1, 0.15) is 24.5 Å². The first kappa shape index (κ1) is 27.4. The van der Waals surface area contributed by atoms with Gasteiger partial charge in [0.15, 0.2) is 23.0 Å². The molecule has 0 saturated heterocycles. The number of methoxy groups -OCH3 is 1. The standard InChI is InChI=1S/C22H20F3NO10S2/c1-3-8-33-14-5-6-15-18(10-14)37(28,29)26(11-13-4-7-16-17(9-13)35-12-34-16)19(21(27)32-2)20(15)36-38(30,31)22(23,24)25/h4-7,9-10H,3,8,11-12H2,1-2H3. The fraction of sp³-hybridized carbons (Fsp3) is 0.318. The normalized spacial score (nSPS) is 16.2. The van der Waals surface area contributed by atoms with Crippen molar-refractivity contribution >= 4 is 31.9 Å². The van der Waals surface area contributed by atoms with Gasteiger partial charge in [0, 0.05) is 11.6 Å². The summed E-state index contributed by atoms with van der Waals surface area (Å²) in [4.78, 5) is 12.1. The lowest BCUT2D eigenvalue weighted by atomic mass is 10.1. The van der Waals surface area contributed by atoms with Gasteiger partial charge in [0.05, 0.1) is 20.3 Å². The number of hydrogen-bond donors (Lipinski definition) is 0. The van der Waals surface area contributed by atoms with E-state index in [9.17, 15) is 34.8 Å². The average Bonchev–Trinajstić information content (AvgIpc) is 3.32. The molecule has 2 heterocycles. The molecule has 0 fully saturated rings. The molecule has 0 aliphatic carbocycles. The van der Waals surface area contributed by atoms with Gasteiger partial charge in [0.1, 0.15) is 10.6 Å². The molecule has 2 aliphatic heterocycles. The molecule has 0 unspecified atom stereocenters. The van der Waals surface area contributed by atoms with Gasteiger partial charge in [-0.15, -0.1) is 0 Å². The molecule has 0 bridgehead atoms. The molecular weight excluding hydrogens is 559 g/mol. The highest BCUT2D eigenvalue weighted by atomic mass is 32.2. The van der Waals surface area contributed by atoms with Crippen LogP contribution in [0.5, 0.6) is 17.2 Å². The summed E-state index contributed by atoms with van der Waals surface area (Å²) in [5.74, 6) is -1.98. The molecule has 0 N–H and O–H groups in total. The molecule has 0 atom stereocenters. The zero-order valence-corrected chi connectivity index (χ0v) is 21.4. The van der Waals surface area contributed by atoms with E-state index in [1.54, 1.807) is 6.92 Å². The Kier molecular flexibility index (Phi) is 7.13. The van der Waals surface area contributed by atoms with Gasteiger partial charge in [-0.3, -0.25) is 4.31 Å². The molecule has 2 aliphatic rings. The summed E-state index contributed by atoms with van der Waals surface area (Å²) in [6.45, 7) is 1.26. The smallest absolute Gasteiger partial charge is 0.494 e. The van der Waals surface area contributed by atoms with Crippen molar-refractivity contribution in [2.75, 3.05) is 20.5 Å². The van der Waals surface area contributed by atoms with Crippen LogP contribution in [0.25, 0.3) is 5.76 Å². The number of fused-ring (bicyclic) bond motifs is 2. The van der Waals surface area contributed by atoms with Crippen LogP contribution >= 0.6 is 0 Å². The maximum absolute atomic E-state index is 13.8. The van der Waals surface area contributed by atoms with Crippen LogP contribution in [0.15, 0.2) is 47.0 Å². The van der Waals surface area contributed by atoms with E-state index in [-0.39, 0.29) is 30.5 Å². The van der Waals surface area contributed by atoms with Gasteiger partial charge in [-0.2, -0.15) is 21.6 Å². The summed E-state index contributed by atoms with van der Waals surface area (Å²) in [5, 5.41) is 0. The second-order valence-electron chi connectivity index (χ2n) is 7.86. The molecule has 16 heteroatoms. The Balaban J connectivity index is 1.95. The first-order valence-corrected chi connectivity index (χ1v) is 13.7. The van der Waals surface area contributed by atoms with Gasteiger partial charge in [-0.25, -0.2) is 13.2 Å². The van der Waals surface area contributed by atoms with Gasteiger partial charge < -0.3 is 23.1 Å². The molecule has 11 nitrogen and oxygen atoms in total. The molecular formula is C22H20F3NO10S2. The number of nitrogens with zero attached hydrogens (tertiary/aromatic N) is 1. The van der Waals surface area contributed by atoms with Crippen LogP contribution in [0.3, 0.4) is 0 Å². The Hall–Kier alpha value is -3.66. The fourth-order valence-electron chi connectivity index (χ4n) is 3.59. The minimum atomic E-state index is -6.34. The number of carbonyl (C=O) groups is 1. The van der Waals surface area contributed by atoms with Gasteiger partial charge in [0.2, 0.25) is 6.79 Å². The number of hydrogen-bond acceptors (Lipinski definition) is 10. The van der Waals surface area contributed by atoms with E-state index in [4.69, 9.17) is 14.2 Å². The van der Waals surface area contributed by atoms with Gasteiger partial charge in [0.25, 0.3) is 10.0 Å². The predicted molar refractivity (Wildman–Crippen MR) is 123 cm³/mol. The van der Waals surface area contributed by atoms with Crippen molar-refractivity contribution in [3.05, 3.63) is 53.2 Å². The van der Waals surface area contributed by atoms with Crippen molar-refractivity contribution in [1.29, 1.82) is 0 Å². The van der Waals surface area contributed by atoms with Crippen molar-refractivity contribution in [3.63, 3.8) is 0 Å². The van der Waals surface area contributed by atoms with E-state index >= 15 is 0 Å². The highest BCUT2D eigenvalue weighted by Crippen LogP contribution is 2.43. The molecule has 0 spiro atoms. The summed E-state index contributed by atoms with van der Waals surface area (Å²) in [6.07, 6.45) is 0.560. The minimum Gasteiger partial charge on any atom is -0.494 e. The van der Waals surface area contributed by atoms with Crippen molar-refractivity contribution < 1.29 is 57.9 Å². The molecule has 0 amide bonds. The van der Waals surface area contributed by atoms with Crippen LogP contribution in [-0.4, -0.2) is 53.1 Å². The summed E-state index contributed by atoms with van der Waals surface area (Å²) in [6, 6.07) is 7.49. The molecule has 0 radical (unpaired) electrons. The summed E-state index contributed by atoms with van der Waals surface area (Å²) in [7, 11) is -10.2. The lowest BCUT2D eigenvalue weighted by Crippen LogP contribution is -2.39. The minimum absolute atomic E-state index is 0.0387. The Labute approximate surface area is 215 Å². The van der Waals surface area contributed by atoms with Crippen molar-refractivity contribution in [1.82, 2.24) is 4.31 Å². The second kappa shape index (κ2) is 9.90. The van der Waals surface area contributed by atoms with Crippen LogP contribution in [0.4, 0.5) is 13.2 Å². The van der Waals surface area contributed by atoms with E-state index in [0.29, 0.717) is 16.5 Å². The lowest BCUT2D eigenvalue weighted by molar-refractivity contribution is -0.137. The number of carbonyl (C=O) groups excluding carboxylic acids is 1. The Morgan fingerprint density at radius 1 is 1.11 bits per heavy atom. The predicted octanol–water partition coefficient (Wildman–Crippen LogP) is 3.12. The molecule has 2 aromatic rings. The average molecular weight is 580 g/mol. The lowest BCUT2D eigenvalue weighted by Gasteiger charge is -2.32. The molecule has 38 heavy (non-hydrogen) atoms. The maximum atomic E-state index is 13.8. The molecule has 4 rings (SSSR count). The summed E-state index contributed by atoms with van der Waals surface area (Å²) >= 11 is 0. The monoisotopic (exact) mass is 579 g/mol. The van der Waals surface area contributed by atoms with Crippen LogP contribution in [-0.2, 0) is 40.4 Å². The third-order valence-corrected chi connectivity index (χ3v) is 8.06. The number of sulfonamides is 1. The van der Waals surface area contributed by atoms with Crippen molar-refractivity contribution in [2.45, 2.75) is 30.3 Å². The van der Waals surface area contributed by atoms with Gasteiger partial charge in [-0.05, 0) is 36.2 Å². The molecule has 0 saturated carbocycles. The second-order valence-corrected chi connectivity index (χ2v) is 11.2. The highest BCUT2D eigenvalue weighted by Gasteiger charge is 2.51. The first-order chi connectivity index (χ1) is 17.8. The number of rotatable bonds is 8. The quantitative estimate of drug-likeness (QED) is 0.261. The largest absolute Gasteiger partial charge is 0.534 e. The fourth-order valence-corrected chi connectivity index (χ4v) is 5.74. The van der Waals surface area contributed by atoms with E-state index in [2.05, 4.69) is 8.92 Å². The third-order valence-electron chi connectivity index (χ3n) is 5.32. The number of benzene rings is 2. The third kappa shape index (κ3) is 4.92. The zero-order valence-electron chi connectivity index (χ0n) is 19.8. The zero-order chi connectivity index (χ0) is 27.9. The number of alkyl halides is 3. The van der Waals surface area contributed by atoms with E-state index in [1.807, 2.05) is 0 Å².